The van der Waals surface area contributed by atoms with Crippen LogP contribution in [0.4, 0.5) is 10.1 Å². The maximum atomic E-state index is 14.3. The summed E-state index contributed by atoms with van der Waals surface area (Å²) in [6.07, 6.45) is 0. The Kier molecular flexibility index (Phi) is 5.97. The van der Waals surface area contributed by atoms with Gasteiger partial charge in [-0.2, -0.15) is 5.10 Å². The maximum absolute atomic E-state index is 14.3. The predicted molar refractivity (Wildman–Crippen MR) is 137 cm³/mol. The zero-order chi connectivity index (χ0) is 24.7. The molecule has 8 heteroatoms. The summed E-state index contributed by atoms with van der Waals surface area (Å²) >= 11 is 6.46. The summed E-state index contributed by atoms with van der Waals surface area (Å²) in [5, 5.41) is 5.31. The molecular weight excluding hydrogens is 465 g/mol. The number of hydrogen-bond donors (Lipinski definition) is 0. The van der Waals surface area contributed by atoms with Gasteiger partial charge in [-0.15, -0.1) is 0 Å². The quantitative estimate of drug-likeness (QED) is 0.382. The summed E-state index contributed by atoms with van der Waals surface area (Å²) < 4.78 is 15.9. The molecule has 0 aliphatic carbocycles. The van der Waals surface area contributed by atoms with E-state index in [1.54, 1.807) is 27.6 Å². The van der Waals surface area contributed by atoms with Crippen molar-refractivity contribution in [1.29, 1.82) is 0 Å². The zero-order valence-electron chi connectivity index (χ0n) is 20.0. The molecule has 0 atom stereocenters. The van der Waals surface area contributed by atoms with Crippen LogP contribution in [-0.2, 0) is 5.41 Å². The van der Waals surface area contributed by atoms with Gasteiger partial charge in [0.1, 0.15) is 11.5 Å². The van der Waals surface area contributed by atoms with Crippen LogP contribution in [0.1, 0.15) is 37.0 Å². The maximum Gasteiger partial charge on any atom is 0.272 e. The molecule has 1 fully saturated rings. The van der Waals surface area contributed by atoms with E-state index in [2.05, 4.69) is 20.8 Å². The van der Waals surface area contributed by atoms with Gasteiger partial charge in [0.15, 0.2) is 5.65 Å². The van der Waals surface area contributed by atoms with Crippen LogP contribution in [0.2, 0.25) is 5.02 Å². The van der Waals surface area contributed by atoms with Gasteiger partial charge in [0, 0.05) is 48.2 Å². The van der Waals surface area contributed by atoms with Crippen LogP contribution in [0.3, 0.4) is 0 Å². The number of carbonyl (C=O) groups is 1. The average molecular weight is 492 g/mol. The molecule has 1 saturated heterocycles. The molecule has 0 N–H and O–H groups in total. The lowest BCUT2D eigenvalue weighted by molar-refractivity contribution is 0.0737. The molecule has 5 rings (SSSR count). The van der Waals surface area contributed by atoms with Crippen LogP contribution in [0.15, 0.2) is 60.7 Å². The van der Waals surface area contributed by atoms with Crippen molar-refractivity contribution < 1.29 is 9.18 Å². The minimum atomic E-state index is -0.251. The van der Waals surface area contributed by atoms with Crippen molar-refractivity contribution >= 4 is 28.8 Å². The number of anilines is 1. The molecule has 4 aromatic rings. The van der Waals surface area contributed by atoms with E-state index in [0.29, 0.717) is 53.9 Å². The van der Waals surface area contributed by atoms with Gasteiger partial charge in [-0.3, -0.25) is 4.79 Å². The SMILES string of the molecule is CC(C)(C)c1cc2nc(-c3ccccc3Cl)cc(C(=O)N3CCN(c4ccccc4F)CC3)n2n1. The summed E-state index contributed by atoms with van der Waals surface area (Å²) in [5.74, 6) is -0.388. The summed E-state index contributed by atoms with van der Waals surface area (Å²) in [5.41, 5.74) is 3.61. The van der Waals surface area contributed by atoms with E-state index in [9.17, 15) is 9.18 Å². The normalized spacial score (nSPS) is 14.5. The van der Waals surface area contributed by atoms with Gasteiger partial charge in [-0.05, 0) is 24.3 Å². The summed E-state index contributed by atoms with van der Waals surface area (Å²) in [7, 11) is 0. The minimum absolute atomic E-state index is 0.137. The number of amides is 1. The van der Waals surface area contributed by atoms with Crippen molar-refractivity contribution in [3.05, 3.63) is 82.9 Å². The van der Waals surface area contributed by atoms with Crippen LogP contribution in [0.5, 0.6) is 0 Å². The van der Waals surface area contributed by atoms with Crippen molar-refractivity contribution in [2.75, 3.05) is 31.1 Å². The molecule has 0 radical (unpaired) electrons. The second kappa shape index (κ2) is 8.96. The molecule has 0 bridgehead atoms. The van der Waals surface area contributed by atoms with Gasteiger partial charge in [-0.1, -0.05) is 62.7 Å². The number of piperazine rings is 1. The molecule has 180 valence electrons. The highest BCUT2D eigenvalue weighted by atomic mass is 35.5. The highest BCUT2D eigenvalue weighted by molar-refractivity contribution is 6.33. The Labute approximate surface area is 209 Å². The van der Waals surface area contributed by atoms with E-state index in [0.717, 1.165) is 11.3 Å². The fourth-order valence-corrected chi connectivity index (χ4v) is 4.55. The number of nitrogens with zero attached hydrogens (tertiary/aromatic N) is 5. The van der Waals surface area contributed by atoms with Crippen LogP contribution >= 0.6 is 11.6 Å². The van der Waals surface area contributed by atoms with Crippen molar-refractivity contribution in [2.24, 2.45) is 0 Å². The average Bonchev–Trinajstić information content (AvgIpc) is 3.29. The lowest BCUT2D eigenvalue weighted by Gasteiger charge is -2.36. The van der Waals surface area contributed by atoms with E-state index in [1.807, 2.05) is 41.3 Å². The molecular formula is C27H27ClFN5O. The van der Waals surface area contributed by atoms with Crippen LogP contribution < -0.4 is 4.90 Å². The smallest absolute Gasteiger partial charge is 0.272 e. The van der Waals surface area contributed by atoms with E-state index >= 15 is 0 Å². The fraction of sp³-hybridized carbons (Fsp3) is 0.296. The third-order valence-electron chi connectivity index (χ3n) is 6.32. The highest BCUT2D eigenvalue weighted by Crippen LogP contribution is 2.30. The molecule has 35 heavy (non-hydrogen) atoms. The summed E-state index contributed by atoms with van der Waals surface area (Å²) in [4.78, 5) is 22.3. The molecule has 2 aromatic carbocycles. The number of aromatic nitrogens is 3. The van der Waals surface area contributed by atoms with E-state index in [1.165, 1.54) is 6.07 Å². The lowest BCUT2D eigenvalue weighted by atomic mass is 9.93. The standard InChI is InChI=1S/C27H27ClFN5O/c1-27(2,3)24-17-25-30-21(18-8-4-5-9-19(18)28)16-23(34(25)31-24)26(35)33-14-12-32(13-15-33)22-11-7-6-10-20(22)29/h4-11,16-17H,12-15H2,1-3H3. The number of hydrogen-bond acceptors (Lipinski definition) is 4. The van der Waals surface area contributed by atoms with Crippen LogP contribution in [0.25, 0.3) is 16.9 Å². The third-order valence-corrected chi connectivity index (χ3v) is 6.65. The molecule has 1 aliphatic heterocycles. The Morgan fingerprint density at radius 2 is 1.66 bits per heavy atom. The molecule has 1 amide bonds. The minimum Gasteiger partial charge on any atom is -0.366 e. The van der Waals surface area contributed by atoms with Crippen molar-refractivity contribution in [1.82, 2.24) is 19.5 Å². The lowest BCUT2D eigenvalue weighted by Crippen LogP contribution is -2.49. The molecule has 0 saturated carbocycles. The first-order chi connectivity index (χ1) is 16.7. The second-order valence-electron chi connectivity index (χ2n) is 9.79. The number of fused-ring (bicyclic) bond motifs is 1. The molecule has 2 aromatic heterocycles. The highest BCUT2D eigenvalue weighted by Gasteiger charge is 2.28. The largest absolute Gasteiger partial charge is 0.366 e. The van der Waals surface area contributed by atoms with Crippen molar-refractivity contribution in [3.8, 4) is 11.3 Å². The van der Waals surface area contributed by atoms with E-state index in [4.69, 9.17) is 21.7 Å². The number of rotatable bonds is 3. The van der Waals surface area contributed by atoms with Gasteiger partial charge < -0.3 is 9.80 Å². The van der Waals surface area contributed by atoms with Crippen LogP contribution in [0, 0.1) is 5.82 Å². The Hall–Kier alpha value is -3.45. The van der Waals surface area contributed by atoms with Gasteiger partial charge in [0.25, 0.3) is 5.91 Å². The van der Waals surface area contributed by atoms with Gasteiger partial charge in [-0.25, -0.2) is 13.9 Å². The van der Waals surface area contributed by atoms with Gasteiger partial charge in [0.2, 0.25) is 0 Å². The Morgan fingerprint density at radius 1 is 0.971 bits per heavy atom. The number of carbonyl (C=O) groups excluding carboxylic acids is 1. The topological polar surface area (TPSA) is 53.7 Å². The molecule has 0 unspecified atom stereocenters. The molecule has 0 spiro atoms. The number of benzene rings is 2. The number of halogens is 2. The monoisotopic (exact) mass is 491 g/mol. The zero-order valence-corrected chi connectivity index (χ0v) is 20.8. The van der Waals surface area contributed by atoms with Gasteiger partial charge >= 0.3 is 0 Å². The molecule has 6 nitrogen and oxygen atoms in total. The summed E-state index contributed by atoms with van der Waals surface area (Å²) in [6.45, 7) is 8.28. The Balaban J connectivity index is 1.51. The first-order valence-electron chi connectivity index (χ1n) is 11.7. The second-order valence-corrected chi connectivity index (χ2v) is 10.2. The first-order valence-corrected chi connectivity index (χ1v) is 12.0. The van der Waals surface area contributed by atoms with Crippen molar-refractivity contribution in [2.45, 2.75) is 26.2 Å². The fourth-order valence-electron chi connectivity index (χ4n) is 4.32. The van der Waals surface area contributed by atoms with E-state index in [-0.39, 0.29) is 17.1 Å². The van der Waals surface area contributed by atoms with E-state index < -0.39 is 0 Å². The molecule has 1 aliphatic rings. The first kappa shape index (κ1) is 23.3. The van der Waals surface area contributed by atoms with Crippen LogP contribution in [-0.4, -0.2) is 51.6 Å². The summed E-state index contributed by atoms with van der Waals surface area (Å²) in [6, 6.07) is 17.9. The van der Waals surface area contributed by atoms with Gasteiger partial charge in [0.05, 0.1) is 17.1 Å². The van der Waals surface area contributed by atoms with Crippen molar-refractivity contribution in [3.63, 3.8) is 0 Å². The predicted octanol–water partition coefficient (Wildman–Crippen LogP) is 5.45. The Morgan fingerprint density at radius 3 is 2.34 bits per heavy atom. The molecule has 3 heterocycles. The number of para-hydroxylation sites is 1. The third kappa shape index (κ3) is 4.48. The Bertz CT molecular complexity index is 1400.